The molecular weight excluding hydrogens is 368 g/mol. The van der Waals surface area contributed by atoms with E-state index in [0.717, 1.165) is 34.2 Å². The largest absolute Gasteiger partial charge is 0.496 e. The summed E-state index contributed by atoms with van der Waals surface area (Å²) in [6.07, 6.45) is 2.90. The molecule has 1 aliphatic heterocycles. The second-order valence-corrected chi connectivity index (χ2v) is 7.44. The Bertz CT molecular complexity index is 1100. The number of hydrogen-bond acceptors (Lipinski definition) is 4. The third kappa shape index (κ3) is 3.66. The van der Waals surface area contributed by atoms with E-state index in [2.05, 4.69) is 29.4 Å². The van der Waals surface area contributed by atoms with Gasteiger partial charge in [0.2, 0.25) is 0 Å². The Morgan fingerprint density at radius 3 is 2.50 bits per heavy atom. The molecule has 28 heavy (non-hydrogen) atoms. The van der Waals surface area contributed by atoms with E-state index in [1.165, 1.54) is 17.3 Å². The van der Waals surface area contributed by atoms with E-state index in [0.29, 0.717) is 10.1 Å². The van der Waals surface area contributed by atoms with E-state index in [4.69, 9.17) is 4.74 Å². The number of ether oxygens (including phenoxy) is 1. The van der Waals surface area contributed by atoms with Crippen LogP contribution in [0.15, 0.2) is 70.6 Å². The van der Waals surface area contributed by atoms with Gasteiger partial charge in [0.05, 0.1) is 17.7 Å². The predicted octanol–water partition coefficient (Wildman–Crippen LogP) is 5.30. The van der Waals surface area contributed by atoms with Crippen molar-refractivity contribution in [3.8, 4) is 5.75 Å². The molecular formula is C23H20N2O2S. The van der Waals surface area contributed by atoms with Crippen molar-refractivity contribution in [2.45, 2.75) is 13.3 Å². The number of nitrogens with one attached hydrogen (secondary N) is 1. The number of amidine groups is 1. The lowest BCUT2D eigenvalue weighted by molar-refractivity contribution is -0.115. The second-order valence-electron chi connectivity index (χ2n) is 6.40. The van der Waals surface area contributed by atoms with E-state index in [-0.39, 0.29) is 5.91 Å². The fourth-order valence-electron chi connectivity index (χ4n) is 3.14. The quantitative estimate of drug-likeness (QED) is 0.617. The van der Waals surface area contributed by atoms with Gasteiger partial charge in [0.15, 0.2) is 5.17 Å². The molecule has 0 bridgehead atoms. The van der Waals surface area contributed by atoms with Crippen molar-refractivity contribution in [3.63, 3.8) is 0 Å². The molecule has 1 saturated heterocycles. The zero-order chi connectivity index (χ0) is 19.5. The lowest BCUT2D eigenvalue weighted by Crippen LogP contribution is -2.19. The Kier molecular flexibility index (Phi) is 5.17. The number of rotatable bonds is 4. The molecule has 4 rings (SSSR count). The molecule has 0 radical (unpaired) electrons. The first kappa shape index (κ1) is 18.3. The van der Waals surface area contributed by atoms with Gasteiger partial charge in [0.1, 0.15) is 5.75 Å². The lowest BCUT2D eigenvalue weighted by atomic mass is 10.0. The van der Waals surface area contributed by atoms with Crippen molar-refractivity contribution in [1.29, 1.82) is 0 Å². The highest BCUT2D eigenvalue weighted by Gasteiger charge is 2.24. The summed E-state index contributed by atoms with van der Waals surface area (Å²) in [5.74, 6) is 0.688. The fraction of sp³-hybridized carbons (Fsp3) is 0.130. The summed E-state index contributed by atoms with van der Waals surface area (Å²) in [4.78, 5) is 17.6. The highest BCUT2D eigenvalue weighted by Crippen LogP contribution is 2.33. The first-order valence-electron chi connectivity index (χ1n) is 9.12. The maximum atomic E-state index is 12.4. The number of aryl methyl sites for hydroxylation is 1. The van der Waals surface area contributed by atoms with Crippen molar-refractivity contribution in [1.82, 2.24) is 5.32 Å². The van der Waals surface area contributed by atoms with Gasteiger partial charge in [-0.05, 0) is 59.0 Å². The topological polar surface area (TPSA) is 50.7 Å². The number of amides is 1. The van der Waals surface area contributed by atoms with Crippen molar-refractivity contribution in [3.05, 3.63) is 76.7 Å². The normalized spacial score (nSPS) is 16.7. The van der Waals surface area contributed by atoms with Crippen LogP contribution in [-0.2, 0) is 11.2 Å². The first-order valence-corrected chi connectivity index (χ1v) is 9.94. The summed E-state index contributed by atoms with van der Waals surface area (Å²) in [6.45, 7) is 2.12. The van der Waals surface area contributed by atoms with Gasteiger partial charge >= 0.3 is 0 Å². The first-order chi connectivity index (χ1) is 13.7. The minimum atomic E-state index is -0.131. The van der Waals surface area contributed by atoms with Gasteiger partial charge < -0.3 is 10.1 Å². The number of aliphatic imine (C=N–C) groups is 1. The van der Waals surface area contributed by atoms with Crippen LogP contribution < -0.4 is 10.1 Å². The van der Waals surface area contributed by atoms with Gasteiger partial charge in [-0.25, -0.2) is 4.99 Å². The van der Waals surface area contributed by atoms with E-state index in [9.17, 15) is 4.79 Å². The Hall–Kier alpha value is -3.05. The van der Waals surface area contributed by atoms with Crippen LogP contribution in [0.5, 0.6) is 5.75 Å². The van der Waals surface area contributed by atoms with Crippen LogP contribution in [0.25, 0.3) is 16.8 Å². The average molecular weight is 388 g/mol. The van der Waals surface area contributed by atoms with Crippen LogP contribution in [-0.4, -0.2) is 18.2 Å². The van der Waals surface area contributed by atoms with E-state index in [1.54, 1.807) is 7.11 Å². The number of carbonyl (C=O) groups is 1. The number of carbonyl (C=O) groups excluding carboxylic acids is 1. The van der Waals surface area contributed by atoms with Gasteiger partial charge in [0, 0.05) is 5.39 Å². The summed E-state index contributed by atoms with van der Waals surface area (Å²) in [5, 5.41) is 5.51. The maximum absolute atomic E-state index is 12.4. The standard InChI is InChI=1S/C23H20N2O2S/c1-3-15-8-11-17(12-9-15)24-23-25-22(26)21(28-23)14-16-10-13-20(27-2)19-7-5-4-6-18(16)19/h4-14H,3H2,1-2H3,(H,24,25,26)/b21-14-. The number of benzene rings is 3. The third-order valence-electron chi connectivity index (χ3n) is 4.65. The highest BCUT2D eigenvalue weighted by atomic mass is 32.2. The zero-order valence-electron chi connectivity index (χ0n) is 15.7. The van der Waals surface area contributed by atoms with Crippen molar-refractivity contribution in [2.75, 3.05) is 7.11 Å². The zero-order valence-corrected chi connectivity index (χ0v) is 16.5. The summed E-state index contributed by atoms with van der Waals surface area (Å²) < 4.78 is 5.45. The number of fused-ring (bicyclic) bond motifs is 1. The van der Waals surface area contributed by atoms with E-state index in [1.807, 2.05) is 54.6 Å². The molecule has 0 aliphatic carbocycles. The Balaban J connectivity index is 1.65. The molecule has 140 valence electrons. The molecule has 1 fully saturated rings. The monoisotopic (exact) mass is 388 g/mol. The molecule has 0 saturated carbocycles. The number of hydrogen-bond donors (Lipinski definition) is 1. The van der Waals surface area contributed by atoms with Gasteiger partial charge in [-0.1, -0.05) is 49.4 Å². The summed E-state index contributed by atoms with van der Waals surface area (Å²) >= 11 is 1.36. The molecule has 0 atom stereocenters. The molecule has 1 amide bonds. The van der Waals surface area contributed by atoms with Gasteiger partial charge in [-0.3, -0.25) is 4.79 Å². The SMILES string of the molecule is CCc1ccc(N=C2NC(=O)/C(=C/c3ccc(OC)c4ccccc34)S2)cc1. The molecule has 1 N–H and O–H groups in total. The summed E-state index contributed by atoms with van der Waals surface area (Å²) in [5.41, 5.74) is 3.07. The van der Waals surface area contributed by atoms with Crippen LogP contribution in [0.1, 0.15) is 18.1 Å². The minimum Gasteiger partial charge on any atom is -0.496 e. The molecule has 3 aromatic rings. The lowest BCUT2D eigenvalue weighted by Gasteiger charge is -2.08. The molecule has 0 unspecified atom stereocenters. The molecule has 0 aromatic heterocycles. The van der Waals surface area contributed by atoms with Crippen molar-refractivity contribution in [2.24, 2.45) is 4.99 Å². The predicted molar refractivity (Wildman–Crippen MR) is 117 cm³/mol. The number of nitrogens with zero attached hydrogens (tertiary/aromatic N) is 1. The maximum Gasteiger partial charge on any atom is 0.264 e. The van der Waals surface area contributed by atoms with Crippen molar-refractivity contribution < 1.29 is 9.53 Å². The van der Waals surface area contributed by atoms with Gasteiger partial charge in [-0.2, -0.15) is 0 Å². The molecule has 1 heterocycles. The Morgan fingerprint density at radius 2 is 1.79 bits per heavy atom. The molecule has 5 heteroatoms. The van der Waals surface area contributed by atoms with Gasteiger partial charge in [0.25, 0.3) is 5.91 Å². The van der Waals surface area contributed by atoms with Crippen LogP contribution in [0.4, 0.5) is 5.69 Å². The Labute approximate surface area is 168 Å². The van der Waals surface area contributed by atoms with E-state index >= 15 is 0 Å². The van der Waals surface area contributed by atoms with Crippen LogP contribution in [0, 0.1) is 0 Å². The average Bonchev–Trinajstić information content (AvgIpc) is 3.07. The van der Waals surface area contributed by atoms with Crippen molar-refractivity contribution >= 4 is 45.4 Å². The molecule has 0 spiro atoms. The minimum absolute atomic E-state index is 0.131. The van der Waals surface area contributed by atoms with Crippen LogP contribution in [0.2, 0.25) is 0 Å². The van der Waals surface area contributed by atoms with Crippen LogP contribution >= 0.6 is 11.8 Å². The summed E-state index contributed by atoms with van der Waals surface area (Å²) in [7, 11) is 1.66. The fourth-order valence-corrected chi connectivity index (χ4v) is 3.98. The summed E-state index contributed by atoms with van der Waals surface area (Å²) in [6, 6.07) is 20.0. The molecule has 4 nitrogen and oxygen atoms in total. The number of methoxy groups -OCH3 is 1. The molecule has 1 aliphatic rings. The smallest absolute Gasteiger partial charge is 0.264 e. The third-order valence-corrected chi connectivity index (χ3v) is 5.56. The number of thioether (sulfide) groups is 1. The highest BCUT2D eigenvalue weighted by molar-refractivity contribution is 8.18. The van der Waals surface area contributed by atoms with E-state index < -0.39 is 0 Å². The molecule has 3 aromatic carbocycles. The second kappa shape index (κ2) is 7.90. The Morgan fingerprint density at radius 1 is 1.04 bits per heavy atom. The van der Waals surface area contributed by atoms with Gasteiger partial charge in [-0.15, -0.1) is 0 Å². The van der Waals surface area contributed by atoms with Crippen LogP contribution in [0.3, 0.4) is 0 Å².